The van der Waals surface area contributed by atoms with E-state index in [0.717, 1.165) is 6.42 Å². The molecule has 0 aliphatic carbocycles. The summed E-state index contributed by atoms with van der Waals surface area (Å²) in [5.74, 6) is 0.0915. The number of rotatable bonds is 4. The third kappa shape index (κ3) is 2.90. The Labute approximate surface area is 102 Å². The summed E-state index contributed by atoms with van der Waals surface area (Å²) < 4.78 is 4.97. The highest BCUT2D eigenvalue weighted by molar-refractivity contribution is 7.80. The molecular formula is C11H19NO3S. The second kappa shape index (κ2) is 6.13. The van der Waals surface area contributed by atoms with Crippen molar-refractivity contribution in [2.45, 2.75) is 32.7 Å². The fraction of sp³-hybridized carbons (Fsp3) is 0.818. The molecule has 0 unspecified atom stereocenters. The molecule has 0 aromatic carbocycles. The quantitative estimate of drug-likeness (QED) is 0.596. The first-order valence-electron chi connectivity index (χ1n) is 5.69. The van der Waals surface area contributed by atoms with Gasteiger partial charge in [-0.15, -0.1) is 0 Å². The van der Waals surface area contributed by atoms with E-state index >= 15 is 0 Å². The fourth-order valence-corrected chi connectivity index (χ4v) is 2.03. The molecule has 0 N–H and O–H groups in total. The van der Waals surface area contributed by atoms with Crippen LogP contribution in [-0.2, 0) is 14.3 Å². The van der Waals surface area contributed by atoms with E-state index in [1.54, 1.807) is 11.8 Å². The van der Waals surface area contributed by atoms with Gasteiger partial charge in [0.15, 0.2) is 0 Å². The molecule has 0 saturated carbocycles. The summed E-state index contributed by atoms with van der Waals surface area (Å²) in [4.78, 5) is 25.2. The Kier molecular flexibility index (Phi) is 5.12. The van der Waals surface area contributed by atoms with E-state index in [9.17, 15) is 9.59 Å². The average Bonchev–Trinajstić information content (AvgIpc) is 2.76. The molecule has 1 saturated heterocycles. The van der Waals surface area contributed by atoms with Crippen molar-refractivity contribution >= 4 is 24.5 Å². The van der Waals surface area contributed by atoms with E-state index in [-0.39, 0.29) is 23.8 Å². The zero-order valence-electron chi connectivity index (χ0n) is 9.81. The van der Waals surface area contributed by atoms with Crippen LogP contribution in [0.25, 0.3) is 0 Å². The van der Waals surface area contributed by atoms with E-state index < -0.39 is 0 Å². The summed E-state index contributed by atoms with van der Waals surface area (Å²) in [7, 11) is 0. The minimum Gasteiger partial charge on any atom is -0.464 e. The van der Waals surface area contributed by atoms with Crippen LogP contribution < -0.4 is 0 Å². The van der Waals surface area contributed by atoms with Gasteiger partial charge in [0.25, 0.3) is 0 Å². The minimum absolute atomic E-state index is 0.00514. The van der Waals surface area contributed by atoms with Gasteiger partial charge in [-0.3, -0.25) is 4.79 Å². The lowest BCUT2D eigenvalue weighted by Crippen LogP contribution is -2.44. The molecule has 0 spiro atoms. The third-order valence-electron chi connectivity index (χ3n) is 2.79. The smallest absolute Gasteiger partial charge is 0.328 e. The molecule has 0 aromatic heterocycles. The van der Waals surface area contributed by atoms with E-state index in [1.807, 2.05) is 6.92 Å². The van der Waals surface area contributed by atoms with Crippen LogP contribution in [0.15, 0.2) is 0 Å². The molecule has 1 amide bonds. The molecule has 0 radical (unpaired) electrons. The maximum atomic E-state index is 12.0. The van der Waals surface area contributed by atoms with Gasteiger partial charge in [-0.2, -0.15) is 12.6 Å². The molecule has 92 valence electrons. The van der Waals surface area contributed by atoms with Gasteiger partial charge in [0.05, 0.1) is 6.61 Å². The second-order valence-electron chi connectivity index (χ2n) is 4.03. The number of carbonyl (C=O) groups is 2. The molecule has 1 heterocycles. The van der Waals surface area contributed by atoms with Crippen molar-refractivity contribution in [1.82, 2.24) is 4.90 Å². The van der Waals surface area contributed by atoms with Gasteiger partial charge in [-0.05, 0) is 19.8 Å². The van der Waals surface area contributed by atoms with Gasteiger partial charge in [0.1, 0.15) is 6.04 Å². The predicted octanol–water partition coefficient (Wildman–Crippen LogP) is 1.11. The van der Waals surface area contributed by atoms with Crippen molar-refractivity contribution in [3.05, 3.63) is 0 Å². The van der Waals surface area contributed by atoms with Gasteiger partial charge in [-0.25, -0.2) is 4.79 Å². The van der Waals surface area contributed by atoms with Crippen molar-refractivity contribution in [1.29, 1.82) is 0 Å². The summed E-state index contributed by atoms with van der Waals surface area (Å²) in [5.41, 5.74) is 0. The molecule has 0 bridgehead atoms. The molecule has 1 aliphatic rings. The van der Waals surface area contributed by atoms with Crippen molar-refractivity contribution in [3.63, 3.8) is 0 Å². The number of hydrogen-bond acceptors (Lipinski definition) is 4. The highest BCUT2D eigenvalue weighted by atomic mass is 32.1. The van der Waals surface area contributed by atoms with Gasteiger partial charge >= 0.3 is 5.97 Å². The lowest BCUT2D eigenvalue weighted by Gasteiger charge is -2.25. The zero-order chi connectivity index (χ0) is 12.1. The summed E-state index contributed by atoms with van der Waals surface area (Å²) in [5, 5.41) is 0. The van der Waals surface area contributed by atoms with Crippen molar-refractivity contribution in [2.75, 3.05) is 18.9 Å². The molecule has 1 fully saturated rings. The third-order valence-corrected chi connectivity index (χ3v) is 3.34. The number of amides is 1. The minimum atomic E-state index is -0.380. The first kappa shape index (κ1) is 13.4. The Morgan fingerprint density at radius 3 is 2.81 bits per heavy atom. The van der Waals surface area contributed by atoms with E-state index in [2.05, 4.69) is 12.6 Å². The Bertz CT molecular complexity index is 270. The van der Waals surface area contributed by atoms with Crippen molar-refractivity contribution < 1.29 is 14.3 Å². The van der Waals surface area contributed by atoms with E-state index in [1.165, 1.54) is 0 Å². The molecule has 1 aliphatic heterocycles. The lowest BCUT2D eigenvalue weighted by atomic mass is 10.1. The summed E-state index contributed by atoms with van der Waals surface area (Å²) in [6.07, 6.45) is 1.58. The fourth-order valence-electron chi connectivity index (χ4n) is 1.88. The Balaban J connectivity index is 2.65. The summed E-state index contributed by atoms with van der Waals surface area (Å²) in [6.45, 7) is 4.62. The molecular weight excluding hydrogens is 226 g/mol. The molecule has 1 rings (SSSR count). The van der Waals surface area contributed by atoms with Crippen molar-refractivity contribution in [3.8, 4) is 0 Å². The topological polar surface area (TPSA) is 46.6 Å². The Morgan fingerprint density at radius 1 is 1.56 bits per heavy atom. The number of ether oxygens (including phenoxy) is 1. The monoisotopic (exact) mass is 245 g/mol. The summed E-state index contributed by atoms with van der Waals surface area (Å²) in [6, 6.07) is -0.380. The number of thiol groups is 1. The van der Waals surface area contributed by atoms with Crippen LogP contribution in [-0.4, -0.2) is 41.7 Å². The van der Waals surface area contributed by atoms with Crippen LogP contribution in [0.5, 0.6) is 0 Å². The van der Waals surface area contributed by atoms with E-state index in [4.69, 9.17) is 4.74 Å². The van der Waals surface area contributed by atoms with Gasteiger partial charge in [0.2, 0.25) is 5.91 Å². The maximum absolute atomic E-state index is 12.0. The highest BCUT2D eigenvalue weighted by Crippen LogP contribution is 2.21. The van der Waals surface area contributed by atoms with Crippen LogP contribution in [0.1, 0.15) is 26.7 Å². The molecule has 5 heteroatoms. The van der Waals surface area contributed by atoms with Crippen LogP contribution in [0.3, 0.4) is 0 Å². The van der Waals surface area contributed by atoms with Gasteiger partial charge in [0, 0.05) is 18.2 Å². The first-order chi connectivity index (χ1) is 7.61. The lowest BCUT2D eigenvalue weighted by molar-refractivity contribution is -0.153. The van der Waals surface area contributed by atoms with Crippen LogP contribution in [0.2, 0.25) is 0 Å². The molecule has 16 heavy (non-hydrogen) atoms. The normalized spacial score (nSPS) is 21.9. The predicted molar refractivity (Wildman–Crippen MR) is 64.4 cm³/mol. The number of carbonyl (C=O) groups excluding carboxylic acids is 2. The first-order valence-corrected chi connectivity index (χ1v) is 6.33. The average molecular weight is 245 g/mol. The standard InChI is InChI=1S/C11H19NO3S/c1-3-15-11(14)9-5-4-6-12(9)10(13)8(2)7-16/h8-9,16H,3-7H2,1-2H3/t8-,9+/m1/s1. The Morgan fingerprint density at radius 2 is 2.25 bits per heavy atom. The molecule has 0 aromatic rings. The van der Waals surface area contributed by atoms with Crippen LogP contribution in [0, 0.1) is 5.92 Å². The number of nitrogens with zero attached hydrogens (tertiary/aromatic N) is 1. The zero-order valence-corrected chi connectivity index (χ0v) is 10.7. The molecule has 4 nitrogen and oxygen atoms in total. The Hall–Kier alpha value is -0.710. The van der Waals surface area contributed by atoms with Gasteiger partial charge in [-0.1, -0.05) is 6.92 Å². The maximum Gasteiger partial charge on any atom is 0.328 e. The number of esters is 1. The van der Waals surface area contributed by atoms with Gasteiger partial charge < -0.3 is 9.64 Å². The largest absolute Gasteiger partial charge is 0.464 e. The summed E-state index contributed by atoms with van der Waals surface area (Å²) >= 11 is 4.11. The van der Waals surface area contributed by atoms with E-state index in [0.29, 0.717) is 25.3 Å². The SMILES string of the molecule is CCOC(=O)[C@@H]1CCCN1C(=O)[C@H](C)CS. The number of likely N-dealkylation sites (tertiary alicyclic amines) is 1. The van der Waals surface area contributed by atoms with Crippen LogP contribution in [0.4, 0.5) is 0 Å². The van der Waals surface area contributed by atoms with Crippen LogP contribution >= 0.6 is 12.6 Å². The second-order valence-corrected chi connectivity index (χ2v) is 4.39. The van der Waals surface area contributed by atoms with Crippen molar-refractivity contribution in [2.24, 2.45) is 5.92 Å². The number of hydrogen-bond donors (Lipinski definition) is 1. The highest BCUT2D eigenvalue weighted by Gasteiger charge is 2.36. The molecule has 2 atom stereocenters.